The zero-order valence-corrected chi connectivity index (χ0v) is 16.3. The molecule has 3 rings (SSSR count). The topological polar surface area (TPSA) is 71.1 Å². The maximum atomic E-state index is 12.6. The van der Waals surface area contributed by atoms with Crippen molar-refractivity contribution in [2.24, 2.45) is 0 Å². The number of esters is 1. The van der Waals surface area contributed by atoms with Crippen LogP contribution in [0.2, 0.25) is 0 Å². The Balaban J connectivity index is 1.71. The summed E-state index contributed by atoms with van der Waals surface area (Å²) < 4.78 is 21.5. The second-order valence-electron chi connectivity index (χ2n) is 7.25. The zero-order chi connectivity index (χ0) is 20.3. The normalized spacial score (nSPS) is 14.4. The number of ether oxygens (including phenoxy) is 4. The first-order valence-electron chi connectivity index (χ1n) is 8.82. The fourth-order valence-corrected chi connectivity index (χ4v) is 2.65. The van der Waals surface area contributed by atoms with E-state index in [1.807, 2.05) is 24.3 Å². The maximum absolute atomic E-state index is 12.6. The van der Waals surface area contributed by atoms with Crippen molar-refractivity contribution in [2.45, 2.75) is 26.4 Å². The van der Waals surface area contributed by atoms with Gasteiger partial charge in [0.05, 0.1) is 12.7 Å². The lowest BCUT2D eigenvalue weighted by Crippen LogP contribution is -2.27. The Kier molecular flexibility index (Phi) is 5.40. The van der Waals surface area contributed by atoms with Crippen molar-refractivity contribution < 1.29 is 28.5 Å². The Morgan fingerprint density at radius 3 is 2.61 bits per heavy atom. The van der Waals surface area contributed by atoms with Crippen molar-refractivity contribution in [1.82, 2.24) is 0 Å². The smallest absolute Gasteiger partial charge is 0.344 e. The van der Waals surface area contributed by atoms with Crippen LogP contribution in [-0.4, -0.2) is 31.1 Å². The Bertz CT molecular complexity index is 936. The lowest BCUT2D eigenvalue weighted by Gasteiger charge is -2.19. The molecule has 146 valence electrons. The standard InChI is InChI=1S/C22H22O6/c1-22(2,3)28-20(23)13-26-16-8-9-17-18(12-16)27-19(21(17)24)11-14-6-5-7-15(10-14)25-4/h5-12H,13H2,1-4H3/b19-11-. The van der Waals surface area contributed by atoms with Gasteiger partial charge in [-0.1, -0.05) is 12.1 Å². The minimum Gasteiger partial charge on any atom is -0.497 e. The van der Waals surface area contributed by atoms with E-state index in [4.69, 9.17) is 18.9 Å². The molecule has 6 heteroatoms. The quantitative estimate of drug-likeness (QED) is 0.574. The molecule has 0 unspecified atom stereocenters. The molecule has 1 aliphatic rings. The van der Waals surface area contributed by atoms with Gasteiger partial charge in [-0.25, -0.2) is 4.79 Å². The van der Waals surface area contributed by atoms with Crippen molar-refractivity contribution in [1.29, 1.82) is 0 Å². The summed E-state index contributed by atoms with van der Waals surface area (Å²) in [6, 6.07) is 12.1. The summed E-state index contributed by atoms with van der Waals surface area (Å²) in [5, 5.41) is 0. The van der Waals surface area contributed by atoms with Crippen molar-refractivity contribution >= 4 is 17.8 Å². The third-order valence-electron chi connectivity index (χ3n) is 3.81. The second-order valence-corrected chi connectivity index (χ2v) is 7.25. The van der Waals surface area contributed by atoms with Gasteiger partial charge < -0.3 is 18.9 Å². The first-order valence-corrected chi connectivity index (χ1v) is 8.82. The van der Waals surface area contributed by atoms with Crippen molar-refractivity contribution in [3.63, 3.8) is 0 Å². The molecule has 2 aromatic carbocycles. The van der Waals surface area contributed by atoms with Gasteiger partial charge >= 0.3 is 5.97 Å². The zero-order valence-electron chi connectivity index (χ0n) is 16.3. The molecular formula is C22H22O6. The highest BCUT2D eigenvalue weighted by Gasteiger charge is 2.28. The van der Waals surface area contributed by atoms with Crippen LogP contribution in [0.4, 0.5) is 0 Å². The molecule has 28 heavy (non-hydrogen) atoms. The highest BCUT2D eigenvalue weighted by atomic mass is 16.6. The molecule has 0 bridgehead atoms. The van der Waals surface area contributed by atoms with E-state index in [0.717, 1.165) is 5.56 Å². The van der Waals surface area contributed by atoms with Crippen LogP contribution in [0.1, 0.15) is 36.7 Å². The van der Waals surface area contributed by atoms with Gasteiger partial charge in [-0.15, -0.1) is 0 Å². The molecule has 1 aliphatic heterocycles. The fourth-order valence-electron chi connectivity index (χ4n) is 2.65. The van der Waals surface area contributed by atoms with E-state index in [2.05, 4.69) is 0 Å². The summed E-state index contributed by atoms with van der Waals surface area (Å²) in [7, 11) is 1.58. The number of benzene rings is 2. The van der Waals surface area contributed by atoms with Crippen molar-refractivity contribution in [2.75, 3.05) is 13.7 Å². The summed E-state index contributed by atoms with van der Waals surface area (Å²) in [6.45, 7) is 5.14. The molecule has 6 nitrogen and oxygen atoms in total. The van der Waals surface area contributed by atoms with Gasteiger partial charge in [0.25, 0.3) is 0 Å². The Morgan fingerprint density at radius 1 is 1.11 bits per heavy atom. The molecule has 0 aromatic heterocycles. The van der Waals surface area contributed by atoms with Crippen LogP contribution >= 0.6 is 0 Å². The minimum atomic E-state index is -0.576. The van der Waals surface area contributed by atoms with Crippen LogP contribution in [-0.2, 0) is 9.53 Å². The second kappa shape index (κ2) is 7.76. The molecule has 2 aromatic rings. The van der Waals surface area contributed by atoms with E-state index < -0.39 is 11.6 Å². The van der Waals surface area contributed by atoms with E-state index in [-0.39, 0.29) is 18.1 Å². The van der Waals surface area contributed by atoms with Gasteiger partial charge in [0.1, 0.15) is 22.8 Å². The number of ketones is 1. The molecule has 0 N–H and O–H groups in total. The number of hydrogen-bond donors (Lipinski definition) is 0. The molecule has 0 radical (unpaired) electrons. The number of fused-ring (bicyclic) bond motifs is 1. The van der Waals surface area contributed by atoms with Crippen LogP contribution in [0, 0.1) is 0 Å². The van der Waals surface area contributed by atoms with Crippen molar-refractivity contribution in [3.05, 3.63) is 59.4 Å². The van der Waals surface area contributed by atoms with Gasteiger partial charge in [0.15, 0.2) is 12.4 Å². The van der Waals surface area contributed by atoms with Crippen LogP contribution < -0.4 is 14.2 Å². The molecule has 0 fully saturated rings. The molecule has 0 saturated heterocycles. The van der Waals surface area contributed by atoms with Gasteiger partial charge in [0.2, 0.25) is 5.78 Å². The van der Waals surface area contributed by atoms with Gasteiger partial charge in [-0.05, 0) is 56.7 Å². The van der Waals surface area contributed by atoms with Gasteiger partial charge in [0, 0.05) is 6.07 Å². The average Bonchev–Trinajstić information content (AvgIpc) is 2.94. The Hall–Kier alpha value is -3.28. The third-order valence-corrected chi connectivity index (χ3v) is 3.81. The summed E-state index contributed by atoms with van der Waals surface area (Å²) in [6.07, 6.45) is 1.66. The van der Waals surface area contributed by atoms with Crippen molar-refractivity contribution in [3.8, 4) is 17.2 Å². The minimum absolute atomic E-state index is 0.212. The van der Waals surface area contributed by atoms with Crippen LogP contribution in [0.15, 0.2) is 48.2 Å². The first kappa shape index (κ1) is 19.5. The number of allylic oxidation sites excluding steroid dienone is 1. The monoisotopic (exact) mass is 382 g/mol. The van der Waals surface area contributed by atoms with Crippen LogP contribution in [0.25, 0.3) is 6.08 Å². The Morgan fingerprint density at radius 2 is 1.89 bits per heavy atom. The summed E-state index contributed by atoms with van der Waals surface area (Å²) in [4.78, 5) is 24.3. The van der Waals surface area contributed by atoms with E-state index in [1.54, 1.807) is 52.2 Å². The molecule has 0 atom stereocenters. The number of Topliss-reactive ketones (excluding diaryl/α,β-unsaturated/α-hetero) is 1. The molecule has 1 heterocycles. The lowest BCUT2D eigenvalue weighted by molar-refractivity contribution is -0.157. The number of carbonyl (C=O) groups is 2. The highest BCUT2D eigenvalue weighted by molar-refractivity contribution is 6.14. The molecule has 0 spiro atoms. The largest absolute Gasteiger partial charge is 0.497 e. The lowest BCUT2D eigenvalue weighted by atomic mass is 10.1. The van der Waals surface area contributed by atoms with E-state index >= 15 is 0 Å². The molecule has 0 aliphatic carbocycles. The predicted octanol–water partition coefficient (Wildman–Crippen LogP) is 4.03. The van der Waals surface area contributed by atoms with Crippen LogP contribution in [0.3, 0.4) is 0 Å². The summed E-state index contributed by atoms with van der Waals surface area (Å²) in [5.74, 6) is 1.03. The summed E-state index contributed by atoms with van der Waals surface area (Å²) >= 11 is 0. The van der Waals surface area contributed by atoms with Gasteiger partial charge in [-0.3, -0.25) is 4.79 Å². The maximum Gasteiger partial charge on any atom is 0.344 e. The molecule has 0 amide bonds. The van der Waals surface area contributed by atoms with E-state index in [9.17, 15) is 9.59 Å². The Labute approximate surface area is 163 Å². The number of rotatable bonds is 5. The van der Waals surface area contributed by atoms with E-state index in [1.165, 1.54) is 0 Å². The van der Waals surface area contributed by atoms with E-state index in [0.29, 0.717) is 22.8 Å². The number of carbonyl (C=O) groups excluding carboxylic acids is 2. The first-order chi connectivity index (χ1) is 13.2. The summed E-state index contributed by atoms with van der Waals surface area (Å²) in [5.41, 5.74) is 0.656. The molecular weight excluding hydrogens is 360 g/mol. The fraction of sp³-hybridized carbons (Fsp3) is 0.273. The number of hydrogen-bond acceptors (Lipinski definition) is 6. The predicted molar refractivity (Wildman–Crippen MR) is 104 cm³/mol. The average molecular weight is 382 g/mol. The van der Waals surface area contributed by atoms with Gasteiger partial charge in [-0.2, -0.15) is 0 Å². The van der Waals surface area contributed by atoms with Crippen LogP contribution in [0.5, 0.6) is 17.2 Å². The highest BCUT2D eigenvalue weighted by Crippen LogP contribution is 2.35. The SMILES string of the molecule is COc1cccc(/C=C2\Oc3cc(OCC(=O)OC(C)(C)C)ccc3C2=O)c1. The third kappa shape index (κ3) is 4.71. The molecule has 0 saturated carbocycles. The number of methoxy groups -OCH3 is 1.